The van der Waals surface area contributed by atoms with E-state index in [-0.39, 0.29) is 5.54 Å². The maximum absolute atomic E-state index is 8.79. The third-order valence-corrected chi connectivity index (χ3v) is 3.85. The molecule has 0 saturated carbocycles. The van der Waals surface area contributed by atoms with Gasteiger partial charge in [0.15, 0.2) is 0 Å². The van der Waals surface area contributed by atoms with Crippen LogP contribution in [-0.4, -0.2) is 23.8 Å². The Morgan fingerprint density at radius 2 is 2.25 bits per heavy atom. The number of nitrogens with one attached hydrogen (secondary N) is 1. The number of aliphatic hydroxyl groups excluding tert-OH is 1. The van der Waals surface area contributed by atoms with E-state index in [1.807, 2.05) is 0 Å². The lowest BCUT2D eigenvalue weighted by atomic mass is 9.76. The fourth-order valence-electron chi connectivity index (χ4n) is 2.84. The highest BCUT2D eigenvalue weighted by atomic mass is 16.2. The van der Waals surface area contributed by atoms with Crippen LogP contribution in [0, 0.1) is 0 Å². The van der Waals surface area contributed by atoms with Crippen molar-refractivity contribution in [3.8, 4) is 0 Å². The number of rotatable bonds is 4. The summed E-state index contributed by atoms with van der Waals surface area (Å²) in [6, 6.07) is 0. The first kappa shape index (κ1) is 11.9. The van der Waals surface area contributed by atoms with Gasteiger partial charge in [0, 0.05) is 12.1 Å². The van der Waals surface area contributed by atoms with Crippen molar-refractivity contribution in [2.24, 2.45) is 0 Å². The van der Waals surface area contributed by atoms with Crippen LogP contribution in [0.2, 0.25) is 0 Å². The molecule has 2 heteroatoms. The Hall–Kier alpha value is -0.600. The Kier molecular flexibility index (Phi) is 3.82. The van der Waals surface area contributed by atoms with Crippen LogP contribution >= 0.6 is 0 Å². The highest BCUT2D eigenvalue weighted by Crippen LogP contribution is 2.35. The van der Waals surface area contributed by atoms with E-state index in [1.165, 1.54) is 18.4 Å². The topological polar surface area (TPSA) is 32.3 Å². The molecule has 1 fully saturated rings. The van der Waals surface area contributed by atoms with Crippen LogP contribution < -0.4 is 5.32 Å². The predicted molar refractivity (Wildman–Crippen MR) is 67.4 cm³/mol. The van der Waals surface area contributed by atoms with E-state index in [2.05, 4.69) is 24.4 Å². The lowest BCUT2D eigenvalue weighted by molar-refractivity contribution is 0.283. The summed E-state index contributed by atoms with van der Waals surface area (Å²) in [4.78, 5) is 0. The van der Waals surface area contributed by atoms with E-state index < -0.39 is 0 Å². The molecule has 2 N–H and O–H groups in total. The number of hydrogen-bond acceptors (Lipinski definition) is 2. The van der Waals surface area contributed by atoms with Gasteiger partial charge in [-0.2, -0.15) is 0 Å². The van der Waals surface area contributed by atoms with E-state index in [4.69, 9.17) is 5.11 Å². The summed E-state index contributed by atoms with van der Waals surface area (Å²) >= 11 is 0. The summed E-state index contributed by atoms with van der Waals surface area (Å²) in [6.07, 6.45) is 11.5. The zero-order chi connectivity index (χ0) is 11.4. The van der Waals surface area contributed by atoms with Gasteiger partial charge in [-0.1, -0.05) is 23.3 Å². The fraction of sp³-hybridized carbons (Fsp3) is 0.714. The summed E-state index contributed by atoms with van der Waals surface area (Å²) in [5, 5.41) is 12.4. The van der Waals surface area contributed by atoms with Crippen LogP contribution in [0.25, 0.3) is 0 Å². The second kappa shape index (κ2) is 5.15. The number of piperidine rings is 1. The van der Waals surface area contributed by atoms with E-state index >= 15 is 0 Å². The molecule has 0 radical (unpaired) electrons. The second-order valence-corrected chi connectivity index (χ2v) is 5.24. The largest absolute Gasteiger partial charge is 0.396 e. The molecule has 1 unspecified atom stereocenters. The molecule has 0 aromatic rings. The average Bonchev–Trinajstić information content (AvgIpc) is 2.28. The zero-order valence-corrected chi connectivity index (χ0v) is 10.3. The lowest BCUT2D eigenvalue weighted by Crippen LogP contribution is -2.48. The molecule has 1 saturated heterocycles. The minimum Gasteiger partial charge on any atom is -0.396 e. The molecule has 1 atom stereocenters. The van der Waals surface area contributed by atoms with Crippen LogP contribution in [0.5, 0.6) is 0 Å². The van der Waals surface area contributed by atoms with Gasteiger partial charge in [0.05, 0.1) is 0 Å². The Morgan fingerprint density at radius 1 is 1.38 bits per heavy atom. The smallest absolute Gasteiger partial charge is 0.0431 e. The van der Waals surface area contributed by atoms with Crippen molar-refractivity contribution >= 4 is 0 Å². The molecular formula is C14H23NO. The first-order valence-electron chi connectivity index (χ1n) is 6.49. The summed E-state index contributed by atoms with van der Waals surface area (Å²) in [5.74, 6) is 0. The molecule has 2 rings (SSSR count). The molecular weight excluding hydrogens is 198 g/mol. The zero-order valence-electron chi connectivity index (χ0n) is 10.3. The predicted octanol–water partition coefficient (Wildman–Crippen LogP) is 2.55. The van der Waals surface area contributed by atoms with Gasteiger partial charge in [-0.3, -0.25) is 0 Å². The number of allylic oxidation sites excluding steroid dienone is 2. The molecule has 2 nitrogen and oxygen atoms in total. The third kappa shape index (κ3) is 2.55. The summed E-state index contributed by atoms with van der Waals surface area (Å²) < 4.78 is 0. The highest BCUT2D eigenvalue weighted by Gasteiger charge is 2.33. The standard InChI is InChI=1S/C14H23NO/c1-14-11-12(5-2-3-10-16)7-8-13(14)6-4-9-15-14/h7-8,15-16H,2-6,9-11H2,1H3. The Morgan fingerprint density at radius 3 is 3.06 bits per heavy atom. The quantitative estimate of drug-likeness (QED) is 0.715. The van der Waals surface area contributed by atoms with Gasteiger partial charge in [-0.05, 0) is 52.0 Å². The first-order valence-corrected chi connectivity index (χ1v) is 6.49. The van der Waals surface area contributed by atoms with Crippen molar-refractivity contribution in [1.29, 1.82) is 0 Å². The molecule has 90 valence electrons. The third-order valence-electron chi connectivity index (χ3n) is 3.85. The Labute approximate surface area is 98.4 Å². The molecule has 2 aliphatic rings. The Balaban J connectivity index is 1.97. The maximum atomic E-state index is 8.79. The number of fused-ring (bicyclic) bond motifs is 1. The molecule has 0 bridgehead atoms. The van der Waals surface area contributed by atoms with Crippen LogP contribution in [0.15, 0.2) is 23.3 Å². The highest BCUT2D eigenvalue weighted by molar-refractivity contribution is 5.35. The molecule has 0 spiro atoms. The van der Waals surface area contributed by atoms with Crippen LogP contribution in [0.1, 0.15) is 45.4 Å². The van der Waals surface area contributed by atoms with E-state index in [0.29, 0.717) is 6.61 Å². The number of hydrogen-bond donors (Lipinski definition) is 2. The minimum atomic E-state index is 0.224. The van der Waals surface area contributed by atoms with Gasteiger partial charge < -0.3 is 10.4 Å². The van der Waals surface area contributed by atoms with E-state index in [9.17, 15) is 0 Å². The van der Waals surface area contributed by atoms with Gasteiger partial charge in [0.1, 0.15) is 0 Å². The summed E-state index contributed by atoms with van der Waals surface area (Å²) in [7, 11) is 0. The van der Waals surface area contributed by atoms with Crippen molar-refractivity contribution in [3.05, 3.63) is 23.3 Å². The van der Waals surface area contributed by atoms with Crippen LogP contribution in [-0.2, 0) is 0 Å². The van der Waals surface area contributed by atoms with Crippen molar-refractivity contribution < 1.29 is 5.11 Å². The number of unbranched alkanes of at least 4 members (excludes halogenated alkanes) is 1. The average molecular weight is 221 g/mol. The molecule has 0 aromatic heterocycles. The molecule has 1 heterocycles. The van der Waals surface area contributed by atoms with Crippen molar-refractivity contribution in [2.75, 3.05) is 13.2 Å². The molecule has 1 aliphatic carbocycles. The Bertz CT molecular complexity index is 306. The van der Waals surface area contributed by atoms with Gasteiger partial charge in [0.2, 0.25) is 0 Å². The fourth-order valence-corrected chi connectivity index (χ4v) is 2.84. The normalized spacial score (nSPS) is 29.4. The molecule has 16 heavy (non-hydrogen) atoms. The van der Waals surface area contributed by atoms with Gasteiger partial charge in [-0.25, -0.2) is 0 Å². The number of aliphatic hydroxyl groups is 1. The summed E-state index contributed by atoms with van der Waals surface area (Å²) in [5.41, 5.74) is 3.33. The van der Waals surface area contributed by atoms with E-state index in [1.54, 1.807) is 5.57 Å². The van der Waals surface area contributed by atoms with E-state index in [0.717, 1.165) is 32.2 Å². The monoisotopic (exact) mass is 221 g/mol. The molecule has 0 aromatic carbocycles. The van der Waals surface area contributed by atoms with Gasteiger partial charge in [0.25, 0.3) is 0 Å². The van der Waals surface area contributed by atoms with Gasteiger partial charge >= 0.3 is 0 Å². The maximum Gasteiger partial charge on any atom is 0.0431 e. The van der Waals surface area contributed by atoms with Crippen molar-refractivity contribution in [1.82, 2.24) is 5.32 Å². The van der Waals surface area contributed by atoms with Crippen LogP contribution in [0.3, 0.4) is 0 Å². The SMILES string of the molecule is CC12CC(CCCCO)=CC=C1CCCN2. The van der Waals surface area contributed by atoms with Crippen molar-refractivity contribution in [2.45, 2.75) is 51.0 Å². The first-order chi connectivity index (χ1) is 7.74. The van der Waals surface area contributed by atoms with Gasteiger partial charge in [-0.15, -0.1) is 0 Å². The molecule has 1 aliphatic heterocycles. The van der Waals surface area contributed by atoms with Crippen LogP contribution in [0.4, 0.5) is 0 Å². The lowest BCUT2D eigenvalue weighted by Gasteiger charge is -2.40. The van der Waals surface area contributed by atoms with Crippen molar-refractivity contribution in [3.63, 3.8) is 0 Å². The summed E-state index contributed by atoms with van der Waals surface area (Å²) in [6.45, 7) is 3.80. The minimum absolute atomic E-state index is 0.224. The second-order valence-electron chi connectivity index (χ2n) is 5.24. The molecule has 0 amide bonds.